The summed E-state index contributed by atoms with van der Waals surface area (Å²) in [6.45, 7) is 2.47. The number of nitrogens with one attached hydrogen (secondary N) is 2. The van der Waals surface area contributed by atoms with Crippen LogP contribution in [0.2, 0.25) is 0 Å². The average Bonchev–Trinajstić information content (AvgIpc) is 3.64. The monoisotopic (exact) mass is 780 g/mol. The van der Waals surface area contributed by atoms with Crippen LogP contribution in [0.5, 0.6) is 0 Å². The first-order valence-corrected chi connectivity index (χ1v) is 13.6. The topological polar surface area (TPSA) is 360 Å². The van der Waals surface area contributed by atoms with Gasteiger partial charge in [0, 0.05) is 52.1 Å². The minimum Gasteiger partial charge on any atom is -0.858 e. The standard InChI is InChI=1S/C12H26N4O2.2C3H4N2.2CH4O.2ClHO4.2Cu/c1-15(2)9-5-7-13-11(17)12(18)14-8-6-10-16(3)4;2*1-2-5-3-4-1;2*1-2;2*2-1(3,4)5;;/h5-10H2,1-4H3,(H,13,17)(H,14,18);2*1-3H,(H,4,5);2*2H,1H3;2*(H,2,3,4,5);;/q;;;;;;;2*+2/p-4. The van der Waals surface area contributed by atoms with Gasteiger partial charge in [0.05, 0.1) is 12.7 Å². The summed E-state index contributed by atoms with van der Waals surface area (Å²) in [6, 6.07) is 0. The van der Waals surface area contributed by atoms with E-state index in [9.17, 15) is 10.2 Å². The van der Waals surface area contributed by atoms with E-state index in [4.69, 9.17) is 47.5 Å². The Hall–Kier alpha value is -1.50. The van der Waals surface area contributed by atoms with E-state index in [0.29, 0.717) is 13.1 Å². The number of hydrogen-bond donors (Lipinski definition) is 4. The van der Waals surface area contributed by atoms with Crippen LogP contribution in [0.3, 0.4) is 0 Å². The molecule has 0 atom stereocenters. The quantitative estimate of drug-likeness (QED) is 0.0836. The van der Waals surface area contributed by atoms with Crippen LogP contribution in [-0.4, -0.2) is 120 Å². The Morgan fingerprint density at radius 1 is 0.636 bits per heavy atom. The van der Waals surface area contributed by atoms with Gasteiger partial charge in [-0.2, -0.15) is 0 Å². The average molecular weight is 783 g/mol. The van der Waals surface area contributed by atoms with E-state index in [2.05, 4.69) is 29.9 Å². The van der Waals surface area contributed by atoms with Gasteiger partial charge in [0.15, 0.2) is 0 Å². The van der Waals surface area contributed by atoms with Crippen molar-refractivity contribution in [3.05, 3.63) is 37.4 Å². The molecule has 0 saturated carbocycles. The zero-order valence-electron chi connectivity index (χ0n) is 24.7. The van der Waals surface area contributed by atoms with Crippen molar-refractivity contribution in [1.29, 1.82) is 0 Å². The van der Waals surface area contributed by atoms with Gasteiger partial charge in [-0.25, -0.2) is 47.2 Å². The molecule has 0 spiro atoms. The van der Waals surface area contributed by atoms with Crippen LogP contribution in [0.1, 0.15) is 12.8 Å². The van der Waals surface area contributed by atoms with Gasteiger partial charge >= 0.3 is 34.1 Å². The molecule has 268 valence electrons. The summed E-state index contributed by atoms with van der Waals surface area (Å²) in [5.74, 6) is -1.45. The second kappa shape index (κ2) is 41.5. The zero-order valence-corrected chi connectivity index (χ0v) is 28.1. The van der Waals surface area contributed by atoms with Gasteiger partial charge in [-0.05, 0) is 65.9 Å². The fourth-order valence-corrected chi connectivity index (χ4v) is 1.70. The number of aliphatic hydroxyl groups excluding tert-OH is 2. The summed E-state index contributed by atoms with van der Waals surface area (Å²) in [7, 11) is -0.0831. The second-order valence-electron chi connectivity index (χ2n) is 6.96. The Morgan fingerprint density at radius 3 is 1.02 bits per heavy atom. The van der Waals surface area contributed by atoms with Crippen molar-refractivity contribution in [2.75, 3.05) is 68.6 Å². The molecule has 4 N–H and O–H groups in total. The molecule has 44 heavy (non-hydrogen) atoms. The molecular weight excluding hydrogens is 742 g/mol. The van der Waals surface area contributed by atoms with Crippen molar-refractivity contribution in [1.82, 2.24) is 29.7 Å². The molecule has 0 amide bonds. The maximum Gasteiger partial charge on any atom is 2.00 e. The molecule has 0 aliphatic heterocycles. The predicted octanol–water partition coefficient (Wildman–Crippen LogP) is -11.1. The molecule has 0 aliphatic rings. The third-order valence-electron chi connectivity index (χ3n) is 3.03. The molecule has 2 aromatic rings. The maximum absolute atomic E-state index is 11.3. The molecule has 2 radical (unpaired) electrons. The Kier molecular flexibility index (Phi) is 54.8. The molecule has 0 saturated heterocycles. The van der Waals surface area contributed by atoms with Gasteiger partial charge in [0.25, 0.3) is 0 Å². The van der Waals surface area contributed by atoms with E-state index < -0.39 is 32.3 Å². The van der Waals surface area contributed by atoms with Crippen LogP contribution >= 0.6 is 0 Å². The van der Waals surface area contributed by atoms with Crippen LogP contribution in [0.4, 0.5) is 0 Å². The Labute approximate surface area is 281 Å². The third-order valence-corrected chi connectivity index (χ3v) is 3.03. The van der Waals surface area contributed by atoms with Crippen molar-refractivity contribution in [3.63, 3.8) is 0 Å². The van der Waals surface area contributed by atoms with Crippen molar-refractivity contribution >= 4 is 11.8 Å². The summed E-state index contributed by atoms with van der Waals surface area (Å²) in [4.78, 5) is 24.2. The smallest absolute Gasteiger partial charge is 0.858 e. The Morgan fingerprint density at radius 2 is 0.886 bits per heavy atom. The minimum atomic E-state index is -4.94. The van der Waals surface area contributed by atoms with Crippen molar-refractivity contribution in [3.8, 4) is 0 Å². The summed E-state index contributed by atoms with van der Waals surface area (Å²) in [6.07, 6.45) is 11.7. The SMILES string of the molecule is CN(C)CCCN=C([O-])C([O-])=NCCCN(C)C.CO.CO.[Cu+2].[Cu+2].[O-][Cl+3]([O-])([O-])[O-].[O-][Cl+3]([O-])([O-])[O-].c1c[nH]cn1.c1c[nH]cn1. The summed E-state index contributed by atoms with van der Waals surface area (Å²) >= 11 is 0. The minimum absolute atomic E-state index is 0. The third kappa shape index (κ3) is 90.0. The number of hydrogen-bond acceptors (Lipinski definition) is 18. The van der Waals surface area contributed by atoms with E-state index >= 15 is 0 Å². The van der Waals surface area contributed by atoms with E-state index in [1.807, 2.05) is 38.0 Å². The summed E-state index contributed by atoms with van der Waals surface area (Å²) < 4.78 is 67.9. The van der Waals surface area contributed by atoms with E-state index in [1.165, 1.54) is 0 Å². The first kappa shape index (κ1) is 58.1. The molecule has 0 unspecified atom stereocenters. The number of rotatable bonds is 8. The number of halogens is 2. The van der Waals surface area contributed by atoms with Crippen molar-refractivity contribution in [2.24, 2.45) is 9.98 Å². The first-order chi connectivity index (χ1) is 19.4. The number of nitrogens with zero attached hydrogens (tertiary/aromatic N) is 6. The first-order valence-electron chi connectivity index (χ1n) is 11.1. The van der Waals surface area contributed by atoms with Crippen LogP contribution in [0.15, 0.2) is 47.4 Å². The van der Waals surface area contributed by atoms with Gasteiger partial charge < -0.3 is 50.2 Å². The summed E-state index contributed by atoms with van der Waals surface area (Å²) in [5, 5.41) is 36.6. The Bertz CT molecular complexity index is 689. The normalized spacial score (nSPS) is 10.4. The van der Waals surface area contributed by atoms with Gasteiger partial charge in [-0.3, -0.25) is 0 Å². The number of aromatic nitrogens is 4. The fraction of sp³-hybridized carbons (Fsp3) is 0.600. The Balaban J connectivity index is -0.0000000861. The molecule has 0 aromatic carbocycles. The van der Waals surface area contributed by atoms with E-state index in [1.54, 1.807) is 37.4 Å². The molecule has 0 bridgehead atoms. The van der Waals surface area contributed by atoms with Crippen LogP contribution in [-0.2, 0) is 34.1 Å². The van der Waals surface area contributed by atoms with Gasteiger partial charge in [-0.1, -0.05) is 0 Å². The number of H-pyrrole nitrogens is 2. The van der Waals surface area contributed by atoms with Gasteiger partial charge in [0.1, 0.15) is 0 Å². The molecule has 2 rings (SSSR count). The summed E-state index contributed by atoms with van der Waals surface area (Å²) in [5.41, 5.74) is 0. The molecule has 0 aliphatic carbocycles. The molecule has 20 nitrogen and oxygen atoms in total. The molecule has 0 fully saturated rings. The number of imidazole rings is 2. The number of aliphatic hydroxyl groups is 2. The second-order valence-corrected chi connectivity index (χ2v) is 8.48. The number of aromatic amines is 2. The molecule has 2 aromatic heterocycles. The van der Waals surface area contributed by atoms with Crippen molar-refractivity contribution in [2.45, 2.75) is 12.8 Å². The van der Waals surface area contributed by atoms with Crippen molar-refractivity contribution < 1.29 is 112 Å². The largest absolute Gasteiger partial charge is 2.00 e. The van der Waals surface area contributed by atoms with Crippen LogP contribution in [0.25, 0.3) is 0 Å². The van der Waals surface area contributed by atoms with Gasteiger partial charge in [-0.15, -0.1) is 20.5 Å². The maximum atomic E-state index is 11.3. The van der Waals surface area contributed by atoms with Crippen LogP contribution < -0.4 is 47.5 Å². The zero-order chi connectivity index (χ0) is 34.0. The van der Waals surface area contributed by atoms with Gasteiger partial charge in [0.2, 0.25) is 0 Å². The fourth-order valence-electron chi connectivity index (χ4n) is 1.70. The molecule has 2 heterocycles. The molecular formula is C20H40Cl2Cu2N8O12. The predicted molar refractivity (Wildman–Crippen MR) is 124 cm³/mol. The van der Waals surface area contributed by atoms with E-state index in [-0.39, 0.29) is 34.1 Å². The van der Waals surface area contributed by atoms with Crippen LogP contribution in [0, 0.1) is 20.5 Å². The van der Waals surface area contributed by atoms with E-state index in [0.717, 1.165) is 40.2 Å². The molecule has 24 heteroatoms. The number of aliphatic imine (C=N–C) groups is 2.